The second-order valence-corrected chi connectivity index (χ2v) is 4.45. The number of likely N-dealkylation sites (N-methyl/N-ethyl adjacent to an activating group) is 1. The van der Waals surface area contributed by atoms with Crippen LogP contribution < -0.4 is 10.6 Å². The molecule has 0 aliphatic heterocycles. The fraction of sp³-hybridized carbons (Fsp3) is 0.357. The Labute approximate surface area is 113 Å². The zero-order chi connectivity index (χ0) is 13.7. The molecule has 2 N–H and O–H groups in total. The zero-order valence-electron chi connectivity index (χ0n) is 11.4. The van der Waals surface area contributed by atoms with E-state index in [9.17, 15) is 0 Å². The monoisotopic (exact) mass is 257 g/mol. The summed E-state index contributed by atoms with van der Waals surface area (Å²) in [6.45, 7) is 2.90. The highest BCUT2D eigenvalue weighted by Crippen LogP contribution is 2.13. The zero-order valence-corrected chi connectivity index (χ0v) is 11.4. The molecule has 0 unspecified atom stereocenters. The molecule has 0 spiro atoms. The molecule has 5 heteroatoms. The fourth-order valence-corrected chi connectivity index (χ4v) is 1.82. The summed E-state index contributed by atoms with van der Waals surface area (Å²) in [5, 5.41) is 0. The number of anilines is 2. The van der Waals surface area contributed by atoms with Crippen LogP contribution in [0, 0.1) is 0 Å². The van der Waals surface area contributed by atoms with Gasteiger partial charge in [0.1, 0.15) is 17.5 Å². The average molecular weight is 257 g/mol. The number of nitrogen functional groups attached to an aromatic ring is 1. The SMILES string of the molecule is CCc1nc(N)cc(N(C)CCc2ccncc2)n1. The standard InChI is InChI=1S/C14H19N5/c1-3-13-17-12(15)10-14(18-13)19(2)9-6-11-4-7-16-8-5-11/h4-5,7-8,10H,3,6,9H2,1-2H3,(H2,15,17,18). The third-order valence-corrected chi connectivity index (χ3v) is 2.97. The Morgan fingerprint density at radius 2 is 1.95 bits per heavy atom. The van der Waals surface area contributed by atoms with Gasteiger partial charge < -0.3 is 10.6 Å². The largest absolute Gasteiger partial charge is 0.384 e. The molecule has 0 radical (unpaired) electrons. The Balaban J connectivity index is 2.03. The van der Waals surface area contributed by atoms with Crippen molar-refractivity contribution in [3.8, 4) is 0 Å². The van der Waals surface area contributed by atoms with Gasteiger partial charge in [0.2, 0.25) is 0 Å². The fourth-order valence-electron chi connectivity index (χ4n) is 1.82. The molecular formula is C14H19N5. The van der Waals surface area contributed by atoms with E-state index in [2.05, 4.69) is 19.9 Å². The quantitative estimate of drug-likeness (QED) is 0.883. The summed E-state index contributed by atoms with van der Waals surface area (Å²) >= 11 is 0. The molecule has 0 saturated carbocycles. The van der Waals surface area contributed by atoms with Crippen molar-refractivity contribution < 1.29 is 0 Å². The molecule has 0 amide bonds. The van der Waals surface area contributed by atoms with Crippen molar-refractivity contribution in [3.05, 3.63) is 42.0 Å². The van der Waals surface area contributed by atoms with Crippen molar-refractivity contribution in [1.29, 1.82) is 0 Å². The van der Waals surface area contributed by atoms with E-state index in [1.165, 1.54) is 5.56 Å². The van der Waals surface area contributed by atoms with Crippen LogP contribution in [0.15, 0.2) is 30.6 Å². The normalized spacial score (nSPS) is 10.4. The summed E-state index contributed by atoms with van der Waals surface area (Å²) in [4.78, 5) is 14.8. The molecule has 0 saturated heterocycles. The molecule has 19 heavy (non-hydrogen) atoms. The van der Waals surface area contributed by atoms with E-state index in [1.807, 2.05) is 44.6 Å². The van der Waals surface area contributed by atoms with Crippen molar-refractivity contribution in [2.45, 2.75) is 19.8 Å². The van der Waals surface area contributed by atoms with E-state index in [4.69, 9.17) is 5.73 Å². The molecule has 100 valence electrons. The van der Waals surface area contributed by atoms with E-state index in [0.29, 0.717) is 5.82 Å². The summed E-state index contributed by atoms with van der Waals surface area (Å²) in [5.74, 6) is 2.18. The minimum atomic E-state index is 0.526. The van der Waals surface area contributed by atoms with Gasteiger partial charge in [-0.05, 0) is 24.1 Å². The van der Waals surface area contributed by atoms with E-state index in [-0.39, 0.29) is 0 Å². The van der Waals surface area contributed by atoms with Gasteiger partial charge in [0.25, 0.3) is 0 Å². The third-order valence-electron chi connectivity index (χ3n) is 2.97. The van der Waals surface area contributed by atoms with Gasteiger partial charge in [-0.2, -0.15) is 0 Å². The maximum Gasteiger partial charge on any atom is 0.134 e. The van der Waals surface area contributed by atoms with Crippen LogP contribution in [0.4, 0.5) is 11.6 Å². The highest BCUT2D eigenvalue weighted by atomic mass is 15.2. The number of hydrogen-bond acceptors (Lipinski definition) is 5. The lowest BCUT2D eigenvalue weighted by Crippen LogP contribution is -2.22. The number of pyridine rings is 1. The topological polar surface area (TPSA) is 67.9 Å². The van der Waals surface area contributed by atoms with Gasteiger partial charge in [-0.15, -0.1) is 0 Å². The highest BCUT2D eigenvalue weighted by molar-refractivity contribution is 5.46. The predicted molar refractivity (Wildman–Crippen MR) is 77.0 cm³/mol. The molecular weight excluding hydrogens is 238 g/mol. The average Bonchev–Trinajstić information content (AvgIpc) is 2.45. The van der Waals surface area contributed by atoms with Crippen LogP contribution in [0.5, 0.6) is 0 Å². The Hall–Kier alpha value is -2.17. The van der Waals surface area contributed by atoms with Crippen molar-refractivity contribution in [1.82, 2.24) is 15.0 Å². The summed E-state index contributed by atoms with van der Waals surface area (Å²) in [6, 6.07) is 5.87. The first-order valence-electron chi connectivity index (χ1n) is 6.42. The van der Waals surface area contributed by atoms with Crippen molar-refractivity contribution in [2.75, 3.05) is 24.2 Å². The molecule has 0 fully saturated rings. The summed E-state index contributed by atoms with van der Waals surface area (Å²) in [5.41, 5.74) is 7.06. The summed E-state index contributed by atoms with van der Waals surface area (Å²) in [6.07, 6.45) is 5.36. The van der Waals surface area contributed by atoms with Gasteiger partial charge in [0.15, 0.2) is 0 Å². The van der Waals surface area contributed by atoms with E-state index < -0.39 is 0 Å². The molecule has 5 nitrogen and oxygen atoms in total. The lowest BCUT2D eigenvalue weighted by molar-refractivity contribution is 0.837. The van der Waals surface area contributed by atoms with Gasteiger partial charge in [-0.3, -0.25) is 4.98 Å². The lowest BCUT2D eigenvalue weighted by atomic mass is 10.2. The number of nitrogens with zero attached hydrogens (tertiary/aromatic N) is 4. The predicted octanol–water partition coefficient (Wildman–Crippen LogP) is 1.70. The van der Waals surface area contributed by atoms with Crippen LogP contribution in [-0.2, 0) is 12.8 Å². The van der Waals surface area contributed by atoms with Gasteiger partial charge in [-0.25, -0.2) is 9.97 Å². The van der Waals surface area contributed by atoms with Crippen LogP contribution in [0.1, 0.15) is 18.3 Å². The first-order chi connectivity index (χ1) is 9.19. The highest BCUT2D eigenvalue weighted by Gasteiger charge is 2.06. The molecule has 2 aromatic heterocycles. The Morgan fingerprint density at radius 1 is 1.21 bits per heavy atom. The number of hydrogen-bond donors (Lipinski definition) is 1. The van der Waals surface area contributed by atoms with Crippen LogP contribution in [-0.4, -0.2) is 28.5 Å². The molecule has 0 atom stereocenters. The van der Waals surface area contributed by atoms with E-state index in [0.717, 1.165) is 31.0 Å². The molecule has 2 heterocycles. The lowest BCUT2D eigenvalue weighted by Gasteiger charge is -2.18. The molecule has 0 bridgehead atoms. The van der Waals surface area contributed by atoms with Crippen LogP contribution in [0.25, 0.3) is 0 Å². The number of rotatable bonds is 5. The first kappa shape index (κ1) is 13.3. The van der Waals surface area contributed by atoms with Crippen LogP contribution in [0.2, 0.25) is 0 Å². The van der Waals surface area contributed by atoms with Gasteiger partial charge in [-0.1, -0.05) is 6.92 Å². The second-order valence-electron chi connectivity index (χ2n) is 4.45. The van der Waals surface area contributed by atoms with Gasteiger partial charge >= 0.3 is 0 Å². The molecule has 2 rings (SSSR count). The molecule has 0 aliphatic rings. The molecule has 0 aliphatic carbocycles. The number of aryl methyl sites for hydroxylation is 1. The smallest absolute Gasteiger partial charge is 0.134 e. The van der Waals surface area contributed by atoms with E-state index >= 15 is 0 Å². The van der Waals surface area contributed by atoms with E-state index in [1.54, 1.807) is 0 Å². The van der Waals surface area contributed by atoms with Gasteiger partial charge in [0, 0.05) is 38.5 Å². The van der Waals surface area contributed by atoms with Crippen LogP contribution in [0.3, 0.4) is 0 Å². The van der Waals surface area contributed by atoms with Gasteiger partial charge in [0.05, 0.1) is 0 Å². The third kappa shape index (κ3) is 3.64. The second kappa shape index (κ2) is 6.13. The Kier molecular flexibility index (Phi) is 4.28. The summed E-state index contributed by atoms with van der Waals surface area (Å²) < 4.78 is 0. The minimum Gasteiger partial charge on any atom is -0.384 e. The number of aromatic nitrogens is 3. The molecule has 2 aromatic rings. The Bertz CT molecular complexity index is 527. The van der Waals surface area contributed by atoms with Crippen LogP contribution >= 0.6 is 0 Å². The minimum absolute atomic E-state index is 0.526. The maximum atomic E-state index is 5.79. The number of nitrogens with two attached hydrogens (primary N) is 1. The first-order valence-corrected chi connectivity index (χ1v) is 6.42. The summed E-state index contributed by atoms with van der Waals surface area (Å²) in [7, 11) is 2.02. The van der Waals surface area contributed by atoms with Crippen molar-refractivity contribution in [3.63, 3.8) is 0 Å². The Morgan fingerprint density at radius 3 is 2.63 bits per heavy atom. The van der Waals surface area contributed by atoms with Crippen molar-refractivity contribution in [2.24, 2.45) is 0 Å². The maximum absolute atomic E-state index is 5.79. The molecule has 0 aromatic carbocycles. The van der Waals surface area contributed by atoms with Crippen molar-refractivity contribution >= 4 is 11.6 Å².